The molecule has 16 heavy (non-hydrogen) atoms. The van der Waals surface area contributed by atoms with Crippen LogP contribution in [0.3, 0.4) is 0 Å². The van der Waals surface area contributed by atoms with Crippen LogP contribution in [0.1, 0.15) is 10.4 Å². The van der Waals surface area contributed by atoms with Gasteiger partial charge in [-0.1, -0.05) is 0 Å². The van der Waals surface area contributed by atoms with E-state index < -0.39 is 5.97 Å². The molecule has 0 saturated carbocycles. The van der Waals surface area contributed by atoms with Gasteiger partial charge in [0.15, 0.2) is 0 Å². The lowest BCUT2D eigenvalue weighted by Crippen LogP contribution is -2.37. The van der Waals surface area contributed by atoms with Crippen LogP contribution in [-0.4, -0.2) is 32.4 Å². The van der Waals surface area contributed by atoms with E-state index in [0.29, 0.717) is 30.2 Å². The number of nitrogen functional groups attached to an aromatic ring is 1. The van der Waals surface area contributed by atoms with Gasteiger partial charge in [0, 0.05) is 11.8 Å². The van der Waals surface area contributed by atoms with Crippen molar-refractivity contribution in [3.8, 4) is 5.75 Å². The van der Waals surface area contributed by atoms with E-state index in [9.17, 15) is 4.79 Å². The number of esters is 1. The highest BCUT2D eigenvalue weighted by Crippen LogP contribution is 2.20. The Labute approximate surface area is 93.1 Å². The number of carbonyl (C=O) groups is 1. The van der Waals surface area contributed by atoms with E-state index in [4.69, 9.17) is 19.9 Å². The normalized spacial score (nSPS) is 15.3. The van der Waals surface area contributed by atoms with E-state index in [0.717, 1.165) is 0 Å². The highest BCUT2D eigenvalue weighted by atomic mass is 16.6. The van der Waals surface area contributed by atoms with Crippen molar-refractivity contribution in [2.75, 3.05) is 26.1 Å². The largest absolute Gasteiger partial charge is 0.497 e. The fourth-order valence-electron chi connectivity index (χ4n) is 1.36. The second kappa shape index (κ2) is 4.40. The van der Waals surface area contributed by atoms with Crippen molar-refractivity contribution in [2.24, 2.45) is 0 Å². The summed E-state index contributed by atoms with van der Waals surface area (Å²) in [7, 11) is 1.52. The van der Waals surface area contributed by atoms with Gasteiger partial charge in [0.2, 0.25) is 0 Å². The monoisotopic (exact) mass is 223 g/mol. The summed E-state index contributed by atoms with van der Waals surface area (Å²) in [5.74, 6) is 0.135. The number of hydrogen-bond donors (Lipinski definition) is 1. The Hall–Kier alpha value is -1.75. The molecule has 0 aromatic heterocycles. The number of carbonyl (C=O) groups excluding carboxylic acids is 1. The van der Waals surface area contributed by atoms with Crippen LogP contribution >= 0.6 is 0 Å². The van der Waals surface area contributed by atoms with Crippen molar-refractivity contribution >= 4 is 11.7 Å². The van der Waals surface area contributed by atoms with Gasteiger partial charge in [-0.2, -0.15) is 0 Å². The molecule has 1 aliphatic heterocycles. The summed E-state index contributed by atoms with van der Waals surface area (Å²) in [5, 5.41) is 0. The summed E-state index contributed by atoms with van der Waals surface area (Å²) in [6.07, 6.45) is -0.139. The fourth-order valence-corrected chi connectivity index (χ4v) is 1.36. The number of ether oxygens (including phenoxy) is 3. The molecule has 1 heterocycles. The van der Waals surface area contributed by atoms with Crippen molar-refractivity contribution < 1.29 is 19.0 Å². The summed E-state index contributed by atoms with van der Waals surface area (Å²) in [4.78, 5) is 11.7. The lowest BCUT2D eigenvalue weighted by molar-refractivity contribution is -0.103. The first-order valence-electron chi connectivity index (χ1n) is 4.92. The molecule has 1 aromatic carbocycles. The molecule has 0 amide bonds. The molecule has 1 aromatic rings. The summed E-state index contributed by atoms with van der Waals surface area (Å²) < 4.78 is 15.1. The lowest BCUT2D eigenvalue weighted by atomic mass is 10.2. The molecular weight excluding hydrogens is 210 g/mol. The molecule has 0 aliphatic carbocycles. The van der Waals surface area contributed by atoms with Crippen molar-refractivity contribution in [1.82, 2.24) is 0 Å². The number of rotatable bonds is 3. The third kappa shape index (κ3) is 2.25. The molecule has 0 radical (unpaired) electrons. The van der Waals surface area contributed by atoms with Gasteiger partial charge in [-0.05, 0) is 12.1 Å². The van der Waals surface area contributed by atoms with E-state index in [1.54, 1.807) is 18.2 Å². The van der Waals surface area contributed by atoms with Gasteiger partial charge < -0.3 is 19.9 Å². The number of hydrogen-bond acceptors (Lipinski definition) is 5. The first-order chi connectivity index (χ1) is 7.69. The minimum atomic E-state index is -0.404. The first-order valence-corrected chi connectivity index (χ1v) is 4.92. The molecule has 5 heteroatoms. The smallest absolute Gasteiger partial charge is 0.338 e. The van der Waals surface area contributed by atoms with Crippen LogP contribution in [0.2, 0.25) is 0 Å². The molecule has 0 atom stereocenters. The maximum Gasteiger partial charge on any atom is 0.338 e. The maximum atomic E-state index is 11.7. The summed E-state index contributed by atoms with van der Waals surface area (Å²) >= 11 is 0. The Morgan fingerprint density at radius 3 is 2.75 bits per heavy atom. The summed E-state index contributed by atoms with van der Waals surface area (Å²) in [5.41, 5.74) is 6.50. The molecule has 0 spiro atoms. The van der Waals surface area contributed by atoms with Crippen molar-refractivity contribution in [2.45, 2.75) is 6.10 Å². The number of methoxy groups -OCH3 is 1. The SMILES string of the molecule is COc1cc(N)cc(C(=O)OC2COC2)c1. The van der Waals surface area contributed by atoms with Crippen LogP contribution in [0.25, 0.3) is 0 Å². The minimum Gasteiger partial charge on any atom is -0.497 e. The zero-order valence-corrected chi connectivity index (χ0v) is 8.93. The van der Waals surface area contributed by atoms with Crippen LogP contribution in [0, 0.1) is 0 Å². The molecular formula is C11H13NO4. The standard InChI is InChI=1S/C11H13NO4/c1-14-9-3-7(2-8(12)4-9)11(13)16-10-5-15-6-10/h2-4,10H,5-6,12H2,1H3. The molecule has 0 bridgehead atoms. The highest BCUT2D eigenvalue weighted by molar-refractivity contribution is 5.91. The lowest BCUT2D eigenvalue weighted by Gasteiger charge is -2.25. The van der Waals surface area contributed by atoms with Crippen molar-refractivity contribution in [3.05, 3.63) is 23.8 Å². The molecule has 5 nitrogen and oxygen atoms in total. The maximum absolute atomic E-state index is 11.7. The number of anilines is 1. The Balaban J connectivity index is 2.11. The third-order valence-corrected chi connectivity index (χ3v) is 2.28. The van der Waals surface area contributed by atoms with Gasteiger partial charge in [0.05, 0.1) is 25.9 Å². The Kier molecular flexibility index (Phi) is 2.96. The Morgan fingerprint density at radius 2 is 2.19 bits per heavy atom. The first kappa shape index (κ1) is 10.8. The average Bonchev–Trinajstić information content (AvgIpc) is 2.22. The zero-order valence-electron chi connectivity index (χ0n) is 8.93. The predicted octanol–water partition coefficient (Wildman–Crippen LogP) is 0.833. The Morgan fingerprint density at radius 1 is 1.44 bits per heavy atom. The zero-order chi connectivity index (χ0) is 11.5. The van der Waals surface area contributed by atoms with Crippen LogP contribution in [-0.2, 0) is 9.47 Å². The molecule has 1 saturated heterocycles. The molecule has 2 N–H and O–H groups in total. The summed E-state index contributed by atoms with van der Waals surface area (Å²) in [6.45, 7) is 0.927. The van der Waals surface area contributed by atoms with E-state index >= 15 is 0 Å². The molecule has 0 unspecified atom stereocenters. The average molecular weight is 223 g/mol. The van der Waals surface area contributed by atoms with Crippen LogP contribution in [0.15, 0.2) is 18.2 Å². The molecule has 1 fully saturated rings. The molecule has 2 rings (SSSR count). The second-order valence-corrected chi connectivity index (χ2v) is 3.56. The fraction of sp³-hybridized carbons (Fsp3) is 0.364. The van der Waals surface area contributed by atoms with Gasteiger partial charge in [0.1, 0.15) is 11.9 Å². The van der Waals surface area contributed by atoms with E-state index in [1.165, 1.54) is 7.11 Å². The number of benzene rings is 1. The highest BCUT2D eigenvalue weighted by Gasteiger charge is 2.23. The van der Waals surface area contributed by atoms with E-state index in [-0.39, 0.29) is 6.10 Å². The van der Waals surface area contributed by atoms with Gasteiger partial charge in [0.25, 0.3) is 0 Å². The van der Waals surface area contributed by atoms with Gasteiger partial charge in [-0.3, -0.25) is 0 Å². The van der Waals surface area contributed by atoms with E-state index in [2.05, 4.69) is 0 Å². The predicted molar refractivity (Wildman–Crippen MR) is 57.4 cm³/mol. The van der Waals surface area contributed by atoms with Gasteiger partial charge >= 0.3 is 5.97 Å². The van der Waals surface area contributed by atoms with Crippen LogP contribution in [0.4, 0.5) is 5.69 Å². The van der Waals surface area contributed by atoms with E-state index in [1.807, 2.05) is 0 Å². The molecule has 1 aliphatic rings. The Bertz CT molecular complexity index is 401. The molecule has 86 valence electrons. The van der Waals surface area contributed by atoms with Crippen LogP contribution in [0.5, 0.6) is 5.75 Å². The third-order valence-electron chi connectivity index (χ3n) is 2.28. The van der Waals surface area contributed by atoms with Crippen molar-refractivity contribution in [3.63, 3.8) is 0 Å². The van der Waals surface area contributed by atoms with Crippen molar-refractivity contribution in [1.29, 1.82) is 0 Å². The topological polar surface area (TPSA) is 70.8 Å². The minimum absolute atomic E-state index is 0.139. The van der Waals surface area contributed by atoms with Gasteiger partial charge in [-0.15, -0.1) is 0 Å². The number of nitrogens with two attached hydrogens (primary N) is 1. The second-order valence-electron chi connectivity index (χ2n) is 3.56. The van der Waals surface area contributed by atoms with Gasteiger partial charge in [-0.25, -0.2) is 4.79 Å². The van der Waals surface area contributed by atoms with Crippen LogP contribution < -0.4 is 10.5 Å². The quantitative estimate of drug-likeness (QED) is 0.607. The summed E-state index contributed by atoms with van der Waals surface area (Å²) in [6, 6.07) is 4.80.